The van der Waals surface area contributed by atoms with Crippen LogP contribution in [-0.4, -0.2) is 50.2 Å². The Morgan fingerprint density at radius 3 is 2.53 bits per heavy atom. The van der Waals surface area contributed by atoms with E-state index in [-0.39, 0.29) is 30.4 Å². The Kier molecular flexibility index (Phi) is 7.43. The Hall–Kier alpha value is -1.14. The lowest BCUT2D eigenvalue weighted by Gasteiger charge is -2.23. The van der Waals surface area contributed by atoms with Gasteiger partial charge in [0.15, 0.2) is 0 Å². The van der Waals surface area contributed by atoms with Crippen molar-refractivity contribution in [1.82, 2.24) is 16.0 Å². The lowest BCUT2D eigenvalue weighted by Crippen LogP contribution is -2.43. The van der Waals surface area contributed by atoms with E-state index in [4.69, 9.17) is 4.74 Å². The van der Waals surface area contributed by atoms with Gasteiger partial charge in [-0.2, -0.15) is 0 Å². The largest absolute Gasteiger partial charge is 0.381 e. The molecule has 19 heavy (non-hydrogen) atoms. The third-order valence-corrected chi connectivity index (χ3v) is 2.85. The van der Waals surface area contributed by atoms with Crippen LogP contribution in [0.1, 0.15) is 33.1 Å². The van der Waals surface area contributed by atoms with Gasteiger partial charge >= 0.3 is 0 Å². The average Bonchev–Trinajstić information content (AvgIpc) is 2.35. The molecular weight excluding hydrogens is 246 g/mol. The van der Waals surface area contributed by atoms with Gasteiger partial charge in [0, 0.05) is 38.3 Å². The zero-order chi connectivity index (χ0) is 14.1. The molecule has 1 aliphatic heterocycles. The molecule has 0 bridgehead atoms. The summed E-state index contributed by atoms with van der Waals surface area (Å²) in [5.41, 5.74) is 0. The SMILES string of the molecule is CC(C)NC(=O)CCNCC(=O)NC1CCOCC1. The highest BCUT2D eigenvalue weighted by Gasteiger charge is 2.15. The van der Waals surface area contributed by atoms with Crippen LogP contribution >= 0.6 is 0 Å². The van der Waals surface area contributed by atoms with Gasteiger partial charge in [-0.3, -0.25) is 9.59 Å². The summed E-state index contributed by atoms with van der Waals surface area (Å²) in [4.78, 5) is 23.0. The van der Waals surface area contributed by atoms with Crippen LogP contribution in [0.4, 0.5) is 0 Å². The lowest BCUT2D eigenvalue weighted by atomic mass is 10.1. The van der Waals surface area contributed by atoms with E-state index in [9.17, 15) is 9.59 Å². The molecular formula is C13H25N3O3. The first-order valence-corrected chi connectivity index (χ1v) is 6.95. The van der Waals surface area contributed by atoms with Crippen molar-refractivity contribution in [2.45, 2.75) is 45.2 Å². The Morgan fingerprint density at radius 2 is 1.89 bits per heavy atom. The molecule has 0 aromatic carbocycles. The topological polar surface area (TPSA) is 79.5 Å². The van der Waals surface area contributed by atoms with Crippen molar-refractivity contribution in [2.24, 2.45) is 0 Å². The molecule has 0 atom stereocenters. The molecule has 2 amide bonds. The van der Waals surface area contributed by atoms with E-state index in [2.05, 4.69) is 16.0 Å². The van der Waals surface area contributed by atoms with Gasteiger partial charge in [0.25, 0.3) is 0 Å². The van der Waals surface area contributed by atoms with Gasteiger partial charge in [0.05, 0.1) is 6.54 Å². The highest BCUT2D eigenvalue weighted by molar-refractivity contribution is 5.78. The average molecular weight is 271 g/mol. The van der Waals surface area contributed by atoms with E-state index in [1.54, 1.807) is 0 Å². The van der Waals surface area contributed by atoms with Crippen molar-refractivity contribution in [2.75, 3.05) is 26.3 Å². The van der Waals surface area contributed by atoms with Crippen LogP contribution in [0.25, 0.3) is 0 Å². The van der Waals surface area contributed by atoms with Crippen LogP contribution in [0.5, 0.6) is 0 Å². The first kappa shape index (κ1) is 15.9. The second-order valence-electron chi connectivity index (χ2n) is 5.10. The van der Waals surface area contributed by atoms with Crippen LogP contribution in [0.15, 0.2) is 0 Å². The zero-order valence-corrected chi connectivity index (χ0v) is 11.8. The molecule has 0 aliphatic carbocycles. The van der Waals surface area contributed by atoms with E-state index in [0.29, 0.717) is 26.2 Å². The maximum atomic E-state index is 11.6. The summed E-state index contributed by atoms with van der Waals surface area (Å²) in [5, 5.41) is 8.74. The summed E-state index contributed by atoms with van der Waals surface area (Å²) in [5.74, 6) is -0.0106. The summed E-state index contributed by atoms with van der Waals surface area (Å²) in [7, 11) is 0. The Balaban J connectivity index is 2.02. The molecule has 0 aromatic rings. The van der Waals surface area contributed by atoms with Crippen molar-refractivity contribution >= 4 is 11.8 Å². The number of carbonyl (C=O) groups is 2. The lowest BCUT2D eigenvalue weighted by molar-refractivity contribution is -0.123. The minimum atomic E-state index is -0.0174. The standard InChI is InChI=1S/C13H25N3O3/c1-10(2)15-12(17)3-6-14-9-13(18)16-11-4-7-19-8-5-11/h10-11,14H,3-9H2,1-2H3,(H,15,17)(H,16,18). The van der Waals surface area contributed by atoms with Crippen molar-refractivity contribution in [1.29, 1.82) is 0 Å². The fourth-order valence-corrected chi connectivity index (χ4v) is 1.92. The molecule has 6 heteroatoms. The quantitative estimate of drug-likeness (QED) is 0.560. The summed E-state index contributed by atoms with van der Waals surface area (Å²) in [6.07, 6.45) is 2.15. The van der Waals surface area contributed by atoms with E-state index in [1.165, 1.54) is 0 Å². The first-order valence-electron chi connectivity index (χ1n) is 6.95. The fourth-order valence-electron chi connectivity index (χ4n) is 1.92. The number of ether oxygens (including phenoxy) is 1. The van der Waals surface area contributed by atoms with Crippen LogP contribution < -0.4 is 16.0 Å². The molecule has 1 saturated heterocycles. The minimum Gasteiger partial charge on any atom is -0.381 e. The van der Waals surface area contributed by atoms with E-state index >= 15 is 0 Å². The molecule has 0 radical (unpaired) electrons. The van der Waals surface area contributed by atoms with Crippen LogP contribution in [0.3, 0.4) is 0 Å². The molecule has 0 spiro atoms. The van der Waals surface area contributed by atoms with Crippen molar-refractivity contribution in [3.63, 3.8) is 0 Å². The highest BCUT2D eigenvalue weighted by atomic mass is 16.5. The Morgan fingerprint density at radius 1 is 1.21 bits per heavy atom. The monoisotopic (exact) mass is 271 g/mol. The Labute approximate surface area is 114 Å². The number of carbonyl (C=O) groups excluding carboxylic acids is 2. The summed E-state index contributed by atoms with van der Waals surface area (Å²) >= 11 is 0. The number of hydrogen-bond donors (Lipinski definition) is 3. The zero-order valence-electron chi connectivity index (χ0n) is 11.8. The maximum absolute atomic E-state index is 11.6. The molecule has 1 rings (SSSR count). The van der Waals surface area contributed by atoms with E-state index in [0.717, 1.165) is 12.8 Å². The van der Waals surface area contributed by atoms with E-state index in [1.807, 2.05) is 13.8 Å². The van der Waals surface area contributed by atoms with Crippen molar-refractivity contribution in [3.8, 4) is 0 Å². The molecule has 1 aliphatic rings. The van der Waals surface area contributed by atoms with Gasteiger partial charge < -0.3 is 20.7 Å². The first-order chi connectivity index (χ1) is 9.08. The Bertz CT molecular complexity index is 289. The third-order valence-electron chi connectivity index (χ3n) is 2.85. The van der Waals surface area contributed by atoms with Gasteiger partial charge in [0.2, 0.25) is 11.8 Å². The molecule has 6 nitrogen and oxygen atoms in total. The highest BCUT2D eigenvalue weighted by Crippen LogP contribution is 2.05. The van der Waals surface area contributed by atoms with Crippen LogP contribution in [0.2, 0.25) is 0 Å². The van der Waals surface area contributed by atoms with Crippen LogP contribution in [-0.2, 0) is 14.3 Å². The molecule has 0 saturated carbocycles. The van der Waals surface area contributed by atoms with Gasteiger partial charge in [0.1, 0.15) is 0 Å². The van der Waals surface area contributed by atoms with Gasteiger partial charge in [-0.05, 0) is 26.7 Å². The second kappa shape index (κ2) is 8.87. The van der Waals surface area contributed by atoms with E-state index < -0.39 is 0 Å². The van der Waals surface area contributed by atoms with Crippen molar-refractivity contribution in [3.05, 3.63) is 0 Å². The third kappa shape index (κ3) is 7.79. The smallest absolute Gasteiger partial charge is 0.234 e. The molecule has 0 aromatic heterocycles. The van der Waals surface area contributed by atoms with Crippen molar-refractivity contribution < 1.29 is 14.3 Å². The molecule has 0 unspecified atom stereocenters. The summed E-state index contributed by atoms with van der Waals surface area (Å²) < 4.78 is 5.23. The number of rotatable bonds is 7. The second-order valence-corrected chi connectivity index (χ2v) is 5.10. The molecule has 3 N–H and O–H groups in total. The number of hydrogen-bond acceptors (Lipinski definition) is 4. The predicted octanol–water partition coefficient (Wildman–Crippen LogP) is -0.214. The summed E-state index contributed by atoms with van der Waals surface area (Å²) in [6, 6.07) is 0.386. The fraction of sp³-hybridized carbons (Fsp3) is 0.846. The van der Waals surface area contributed by atoms with Gasteiger partial charge in [-0.1, -0.05) is 0 Å². The van der Waals surface area contributed by atoms with Gasteiger partial charge in [-0.25, -0.2) is 0 Å². The maximum Gasteiger partial charge on any atom is 0.234 e. The minimum absolute atomic E-state index is 0.00679. The number of amides is 2. The normalized spacial score (nSPS) is 16.4. The molecule has 1 heterocycles. The van der Waals surface area contributed by atoms with Crippen LogP contribution in [0, 0.1) is 0 Å². The molecule has 1 fully saturated rings. The molecule has 110 valence electrons. The predicted molar refractivity (Wildman–Crippen MR) is 72.7 cm³/mol. The number of nitrogens with one attached hydrogen (secondary N) is 3. The summed E-state index contributed by atoms with van der Waals surface area (Å²) in [6.45, 7) is 6.05. The van der Waals surface area contributed by atoms with Gasteiger partial charge in [-0.15, -0.1) is 0 Å².